The van der Waals surface area contributed by atoms with E-state index in [4.69, 9.17) is 5.73 Å². The first-order valence-corrected chi connectivity index (χ1v) is 10.1. The zero-order valence-corrected chi connectivity index (χ0v) is 17.4. The van der Waals surface area contributed by atoms with Gasteiger partial charge in [0.2, 0.25) is 0 Å². The number of dihydropyridines is 1. The maximum absolute atomic E-state index is 13.5. The number of ketones is 1. The second-order valence-corrected chi connectivity index (χ2v) is 9.19. The zero-order valence-electron chi connectivity index (χ0n) is 15.9. The van der Waals surface area contributed by atoms with Crippen molar-refractivity contribution in [2.75, 3.05) is 0 Å². The lowest BCUT2D eigenvalue weighted by Gasteiger charge is -2.40. The summed E-state index contributed by atoms with van der Waals surface area (Å²) >= 11 is 3.48. The van der Waals surface area contributed by atoms with Crippen molar-refractivity contribution in [2.24, 2.45) is 11.1 Å². The second-order valence-electron chi connectivity index (χ2n) is 8.28. The zero-order chi connectivity index (χ0) is 20.1. The minimum Gasteiger partial charge on any atom is -0.385 e. The number of benzene rings is 2. The summed E-state index contributed by atoms with van der Waals surface area (Å²) in [6, 6.07) is 14.2. The Kier molecular flexibility index (Phi) is 4.66. The highest BCUT2D eigenvalue weighted by Crippen LogP contribution is 2.48. The molecule has 2 aromatic carbocycles. The fourth-order valence-corrected chi connectivity index (χ4v) is 4.52. The van der Waals surface area contributed by atoms with E-state index in [9.17, 15) is 9.18 Å². The van der Waals surface area contributed by atoms with E-state index in [-0.39, 0.29) is 22.9 Å². The monoisotopic (exact) mass is 440 g/mol. The number of halogens is 2. The number of carbonyl (C=O) groups excluding carboxylic acids is 1. The molecule has 28 heavy (non-hydrogen) atoms. The molecule has 3 N–H and O–H groups in total. The Morgan fingerprint density at radius 3 is 2.32 bits per heavy atom. The molecule has 0 spiro atoms. The molecule has 0 saturated heterocycles. The van der Waals surface area contributed by atoms with Gasteiger partial charge in [-0.05, 0) is 47.2 Å². The van der Waals surface area contributed by atoms with Crippen molar-refractivity contribution in [3.63, 3.8) is 0 Å². The van der Waals surface area contributed by atoms with E-state index >= 15 is 0 Å². The standard InChI is InChI=1S/C23H22BrFN2O/c1-23(2)11-17-21(18(28)12-23)19(13-3-7-15(24)8-4-13)20(22(26)27-17)14-5-9-16(25)10-6-14/h3-10,19,27H,11-12,26H2,1-2H3. The van der Waals surface area contributed by atoms with Crippen molar-refractivity contribution in [3.8, 4) is 0 Å². The Morgan fingerprint density at radius 2 is 1.68 bits per heavy atom. The fraction of sp³-hybridized carbons (Fsp3) is 0.261. The molecule has 0 bridgehead atoms. The Balaban J connectivity index is 1.91. The molecule has 0 fully saturated rings. The lowest BCUT2D eigenvalue weighted by molar-refractivity contribution is -0.118. The molecule has 1 aliphatic carbocycles. The summed E-state index contributed by atoms with van der Waals surface area (Å²) in [5, 5.41) is 3.29. The van der Waals surface area contributed by atoms with Gasteiger partial charge in [-0.2, -0.15) is 0 Å². The van der Waals surface area contributed by atoms with Gasteiger partial charge in [-0.3, -0.25) is 4.79 Å². The topological polar surface area (TPSA) is 55.1 Å². The van der Waals surface area contributed by atoms with Crippen LogP contribution in [0.5, 0.6) is 0 Å². The molecule has 0 saturated carbocycles. The molecule has 2 aromatic rings. The quantitative estimate of drug-likeness (QED) is 0.670. The van der Waals surface area contributed by atoms with Crippen LogP contribution in [0, 0.1) is 11.2 Å². The number of nitrogens with one attached hydrogen (secondary N) is 1. The third kappa shape index (κ3) is 3.39. The van der Waals surface area contributed by atoms with Crippen molar-refractivity contribution in [1.29, 1.82) is 0 Å². The summed E-state index contributed by atoms with van der Waals surface area (Å²) in [7, 11) is 0. The molecule has 0 aromatic heterocycles. The lowest BCUT2D eigenvalue weighted by atomic mass is 9.68. The van der Waals surface area contributed by atoms with E-state index in [0.29, 0.717) is 12.2 Å². The Hall–Kier alpha value is -2.40. The Bertz CT molecular complexity index is 1000. The average molecular weight is 441 g/mol. The van der Waals surface area contributed by atoms with Crippen LogP contribution in [0.1, 0.15) is 43.7 Å². The van der Waals surface area contributed by atoms with Crippen molar-refractivity contribution in [2.45, 2.75) is 32.6 Å². The first-order chi connectivity index (χ1) is 13.2. The molecule has 1 aliphatic heterocycles. The van der Waals surface area contributed by atoms with Gasteiger partial charge in [0.15, 0.2) is 5.78 Å². The largest absolute Gasteiger partial charge is 0.385 e. The number of hydrogen-bond donors (Lipinski definition) is 2. The summed E-state index contributed by atoms with van der Waals surface area (Å²) in [6.07, 6.45) is 1.26. The molecular formula is C23H22BrFN2O. The lowest BCUT2D eigenvalue weighted by Crippen LogP contribution is -2.39. The van der Waals surface area contributed by atoms with Gasteiger partial charge in [0.25, 0.3) is 0 Å². The summed E-state index contributed by atoms with van der Waals surface area (Å²) in [5.74, 6) is 0.0725. The van der Waals surface area contributed by atoms with Crippen LogP contribution in [0.3, 0.4) is 0 Å². The smallest absolute Gasteiger partial charge is 0.162 e. The first kappa shape index (κ1) is 18.9. The van der Waals surface area contributed by atoms with Gasteiger partial charge < -0.3 is 11.1 Å². The third-order valence-electron chi connectivity index (χ3n) is 5.43. The number of Topliss-reactive ketones (excluding diaryl/α,β-unsaturated/α-hetero) is 1. The first-order valence-electron chi connectivity index (χ1n) is 9.29. The van der Waals surface area contributed by atoms with Crippen LogP contribution in [0.25, 0.3) is 5.57 Å². The molecule has 3 nitrogen and oxygen atoms in total. The van der Waals surface area contributed by atoms with Crippen molar-refractivity contribution < 1.29 is 9.18 Å². The fourth-order valence-electron chi connectivity index (χ4n) is 4.25. The van der Waals surface area contributed by atoms with E-state index in [2.05, 4.69) is 35.1 Å². The molecule has 1 unspecified atom stereocenters. The van der Waals surface area contributed by atoms with Gasteiger partial charge in [0, 0.05) is 33.7 Å². The minimum atomic E-state index is -0.303. The van der Waals surface area contributed by atoms with Crippen LogP contribution in [0.15, 0.2) is 70.1 Å². The summed E-state index contributed by atoms with van der Waals surface area (Å²) in [5.41, 5.74) is 10.6. The summed E-state index contributed by atoms with van der Waals surface area (Å²) in [4.78, 5) is 13.2. The summed E-state index contributed by atoms with van der Waals surface area (Å²) in [6.45, 7) is 4.20. The van der Waals surface area contributed by atoms with Crippen LogP contribution < -0.4 is 11.1 Å². The molecule has 1 heterocycles. The van der Waals surface area contributed by atoms with E-state index in [0.717, 1.165) is 38.9 Å². The summed E-state index contributed by atoms with van der Waals surface area (Å²) < 4.78 is 14.5. The highest BCUT2D eigenvalue weighted by molar-refractivity contribution is 9.10. The van der Waals surface area contributed by atoms with Crippen LogP contribution in [-0.2, 0) is 4.79 Å². The van der Waals surface area contributed by atoms with Gasteiger partial charge in [-0.15, -0.1) is 0 Å². The van der Waals surface area contributed by atoms with Crippen LogP contribution in [0.2, 0.25) is 0 Å². The minimum absolute atomic E-state index is 0.110. The highest BCUT2D eigenvalue weighted by atomic mass is 79.9. The van der Waals surface area contributed by atoms with Crippen molar-refractivity contribution >= 4 is 27.3 Å². The SMILES string of the molecule is CC1(C)CC(=O)C2=C(C1)NC(N)=C(c1ccc(F)cc1)C2c1ccc(Br)cc1. The van der Waals surface area contributed by atoms with Crippen LogP contribution in [0.4, 0.5) is 4.39 Å². The second kappa shape index (κ2) is 6.89. The van der Waals surface area contributed by atoms with Gasteiger partial charge in [-0.25, -0.2) is 4.39 Å². The molecule has 2 aliphatic rings. The number of rotatable bonds is 2. The Morgan fingerprint density at radius 1 is 1.04 bits per heavy atom. The molecule has 0 amide bonds. The maximum atomic E-state index is 13.5. The van der Waals surface area contributed by atoms with Crippen molar-refractivity contribution in [3.05, 3.63) is 87.0 Å². The van der Waals surface area contributed by atoms with E-state index < -0.39 is 0 Å². The average Bonchev–Trinajstić information content (AvgIpc) is 2.61. The molecule has 1 atom stereocenters. The molecule has 4 rings (SSSR count). The van der Waals surface area contributed by atoms with E-state index in [1.807, 2.05) is 24.3 Å². The maximum Gasteiger partial charge on any atom is 0.162 e. The van der Waals surface area contributed by atoms with E-state index in [1.165, 1.54) is 12.1 Å². The van der Waals surface area contributed by atoms with E-state index in [1.54, 1.807) is 12.1 Å². The van der Waals surface area contributed by atoms with Gasteiger partial charge in [0.05, 0.1) is 0 Å². The number of allylic oxidation sites excluding steroid dienone is 3. The number of nitrogens with two attached hydrogens (primary N) is 1. The van der Waals surface area contributed by atoms with Crippen LogP contribution in [-0.4, -0.2) is 5.78 Å². The van der Waals surface area contributed by atoms with Gasteiger partial charge >= 0.3 is 0 Å². The molecule has 5 heteroatoms. The third-order valence-corrected chi connectivity index (χ3v) is 5.96. The van der Waals surface area contributed by atoms with Gasteiger partial charge in [0.1, 0.15) is 11.6 Å². The highest BCUT2D eigenvalue weighted by Gasteiger charge is 2.41. The Labute approximate surface area is 172 Å². The molecule has 0 radical (unpaired) electrons. The predicted molar refractivity (Wildman–Crippen MR) is 113 cm³/mol. The van der Waals surface area contributed by atoms with Gasteiger partial charge in [-0.1, -0.05) is 54.0 Å². The van der Waals surface area contributed by atoms with Crippen molar-refractivity contribution in [1.82, 2.24) is 5.32 Å². The van der Waals surface area contributed by atoms with Crippen LogP contribution >= 0.6 is 15.9 Å². The molecule has 144 valence electrons. The predicted octanol–water partition coefficient (Wildman–Crippen LogP) is 5.25. The number of hydrogen-bond acceptors (Lipinski definition) is 3. The number of carbonyl (C=O) groups is 1. The molecular weight excluding hydrogens is 419 g/mol. The normalized spacial score (nSPS) is 21.4.